The molecule has 0 unspecified atom stereocenters. The fourth-order valence-electron chi connectivity index (χ4n) is 0.972. The first-order valence-electron chi connectivity index (χ1n) is 4.65. The van der Waals surface area contributed by atoms with Gasteiger partial charge in [0.1, 0.15) is 0 Å². The van der Waals surface area contributed by atoms with Gasteiger partial charge in [-0.05, 0) is 32.2 Å². The van der Waals surface area contributed by atoms with Gasteiger partial charge in [0.25, 0.3) is 5.91 Å². The quantitative estimate of drug-likeness (QED) is 0.766. The standard InChI is InChI=1S/C10H16N2O2S/c1-10(2,6-11)12-9(13)7-4-5-8(14-7)15-3/h4-5H,6,11H2,1-3H3,(H,12,13). The second-order valence-electron chi connectivity index (χ2n) is 3.86. The van der Waals surface area contributed by atoms with Gasteiger partial charge in [-0.2, -0.15) is 0 Å². The molecule has 0 aliphatic rings. The summed E-state index contributed by atoms with van der Waals surface area (Å²) in [4.78, 5) is 11.7. The van der Waals surface area contributed by atoms with Gasteiger partial charge in [-0.3, -0.25) is 4.79 Å². The summed E-state index contributed by atoms with van der Waals surface area (Å²) in [5.74, 6) is 0.0895. The lowest BCUT2D eigenvalue weighted by Crippen LogP contribution is -2.48. The van der Waals surface area contributed by atoms with E-state index in [1.165, 1.54) is 11.8 Å². The number of furan rings is 1. The Kier molecular flexibility index (Phi) is 3.82. The van der Waals surface area contributed by atoms with Crippen LogP contribution in [0.25, 0.3) is 0 Å². The molecule has 0 radical (unpaired) electrons. The van der Waals surface area contributed by atoms with Crippen LogP contribution in [0.2, 0.25) is 0 Å². The van der Waals surface area contributed by atoms with Crippen molar-refractivity contribution < 1.29 is 9.21 Å². The Bertz CT molecular complexity index is 347. The number of hydrogen-bond acceptors (Lipinski definition) is 4. The van der Waals surface area contributed by atoms with E-state index in [9.17, 15) is 4.79 Å². The van der Waals surface area contributed by atoms with Crippen LogP contribution in [0.3, 0.4) is 0 Å². The van der Waals surface area contributed by atoms with Gasteiger partial charge in [0.15, 0.2) is 10.9 Å². The zero-order chi connectivity index (χ0) is 11.5. The number of thioether (sulfide) groups is 1. The van der Waals surface area contributed by atoms with E-state index in [0.29, 0.717) is 12.3 Å². The summed E-state index contributed by atoms with van der Waals surface area (Å²) < 4.78 is 5.30. The van der Waals surface area contributed by atoms with Crippen molar-refractivity contribution in [3.8, 4) is 0 Å². The Morgan fingerprint density at radius 2 is 2.27 bits per heavy atom. The molecule has 0 atom stereocenters. The summed E-state index contributed by atoms with van der Waals surface area (Å²) in [6, 6.07) is 3.43. The molecule has 0 saturated heterocycles. The molecule has 84 valence electrons. The van der Waals surface area contributed by atoms with Crippen LogP contribution in [0.1, 0.15) is 24.4 Å². The van der Waals surface area contributed by atoms with E-state index in [2.05, 4.69) is 5.32 Å². The lowest BCUT2D eigenvalue weighted by atomic mass is 10.1. The van der Waals surface area contributed by atoms with Gasteiger partial charge in [0.2, 0.25) is 0 Å². The van der Waals surface area contributed by atoms with Crippen molar-refractivity contribution in [3.05, 3.63) is 17.9 Å². The molecule has 3 N–H and O–H groups in total. The van der Waals surface area contributed by atoms with Crippen molar-refractivity contribution in [3.63, 3.8) is 0 Å². The molecule has 15 heavy (non-hydrogen) atoms. The van der Waals surface area contributed by atoms with Gasteiger partial charge in [-0.25, -0.2) is 0 Å². The molecule has 1 aromatic heterocycles. The molecular weight excluding hydrogens is 212 g/mol. The minimum atomic E-state index is -0.413. The van der Waals surface area contributed by atoms with E-state index in [0.717, 1.165) is 5.09 Å². The average Bonchev–Trinajstić information content (AvgIpc) is 2.65. The van der Waals surface area contributed by atoms with Crippen LogP contribution >= 0.6 is 11.8 Å². The van der Waals surface area contributed by atoms with E-state index in [-0.39, 0.29) is 5.91 Å². The molecule has 0 saturated carbocycles. The van der Waals surface area contributed by atoms with Gasteiger partial charge in [-0.15, -0.1) is 0 Å². The van der Waals surface area contributed by atoms with Gasteiger partial charge >= 0.3 is 0 Å². The zero-order valence-corrected chi connectivity index (χ0v) is 9.98. The fraction of sp³-hybridized carbons (Fsp3) is 0.500. The minimum Gasteiger partial charge on any atom is -0.445 e. The van der Waals surface area contributed by atoms with Gasteiger partial charge in [0, 0.05) is 12.1 Å². The Morgan fingerprint density at radius 1 is 1.60 bits per heavy atom. The van der Waals surface area contributed by atoms with E-state index >= 15 is 0 Å². The number of nitrogens with one attached hydrogen (secondary N) is 1. The lowest BCUT2D eigenvalue weighted by Gasteiger charge is -2.23. The molecule has 0 bridgehead atoms. The highest BCUT2D eigenvalue weighted by atomic mass is 32.2. The molecule has 0 aromatic carbocycles. The SMILES string of the molecule is CSc1ccc(C(=O)NC(C)(C)CN)o1. The summed E-state index contributed by atoms with van der Waals surface area (Å²) >= 11 is 1.46. The smallest absolute Gasteiger partial charge is 0.287 e. The van der Waals surface area contributed by atoms with Crippen LogP contribution in [-0.2, 0) is 0 Å². The molecule has 0 spiro atoms. The Labute approximate surface area is 93.6 Å². The largest absolute Gasteiger partial charge is 0.445 e. The number of rotatable bonds is 4. The lowest BCUT2D eigenvalue weighted by molar-refractivity contribution is 0.0882. The van der Waals surface area contributed by atoms with Crippen molar-refractivity contribution in [2.75, 3.05) is 12.8 Å². The van der Waals surface area contributed by atoms with Gasteiger partial charge in [0.05, 0.1) is 0 Å². The van der Waals surface area contributed by atoms with Crippen molar-refractivity contribution in [1.82, 2.24) is 5.32 Å². The third kappa shape index (κ3) is 3.28. The molecule has 1 aromatic rings. The summed E-state index contributed by atoms with van der Waals surface area (Å²) in [6.07, 6.45) is 1.89. The Balaban J connectivity index is 2.69. The van der Waals surface area contributed by atoms with Crippen LogP contribution in [0.5, 0.6) is 0 Å². The molecule has 0 fully saturated rings. The molecule has 0 aliphatic carbocycles. The first kappa shape index (κ1) is 12.1. The first-order valence-corrected chi connectivity index (χ1v) is 5.87. The molecule has 1 heterocycles. The monoisotopic (exact) mass is 228 g/mol. The van der Waals surface area contributed by atoms with Crippen molar-refractivity contribution in [2.45, 2.75) is 24.5 Å². The van der Waals surface area contributed by atoms with Crippen LogP contribution in [0, 0.1) is 0 Å². The number of nitrogens with two attached hydrogens (primary N) is 1. The Hall–Kier alpha value is -0.940. The molecule has 0 aliphatic heterocycles. The molecule has 1 rings (SSSR count). The van der Waals surface area contributed by atoms with Crippen molar-refractivity contribution in [2.24, 2.45) is 5.73 Å². The van der Waals surface area contributed by atoms with Crippen LogP contribution in [-0.4, -0.2) is 24.2 Å². The zero-order valence-electron chi connectivity index (χ0n) is 9.16. The Morgan fingerprint density at radius 3 is 2.73 bits per heavy atom. The first-order chi connectivity index (χ1) is 6.98. The van der Waals surface area contributed by atoms with E-state index < -0.39 is 5.54 Å². The summed E-state index contributed by atoms with van der Waals surface area (Å²) in [7, 11) is 0. The van der Waals surface area contributed by atoms with Gasteiger partial charge in [-0.1, -0.05) is 11.8 Å². The van der Waals surface area contributed by atoms with Crippen LogP contribution in [0.4, 0.5) is 0 Å². The van der Waals surface area contributed by atoms with E-state index in [1.807, 2.05) is 20.1 Å². The van der Waals surface area contributed by atoms with Gasteiger partial charge < -0.3 is 15.5 Å². The number of amides is 1. The van der Waals surface area contributed by atoms with Crippen molar-refractivity contribution >= 4 is 17.7 Å². The second-order valence-corrected chi connectivity index (χ2v) is 4.68. The van der Waals surface area contributed by atoms with Crippen molar-refractivity contribution in [1.29, 1.82) is 0 Å². The highest BCUT2D eigenvalue weighted by Crippen LogP contribution is 2.18. The maximum atomic E-state index is 11.7. The summed E-state index contributed by atoms with van der Waals surface area (Å²) in [6.45, 7) is 4.11. The number of carbonyl (C=O) groups is 1. The third-order valence-corrected chi connectivity index (χ3v) is 2.59. The molecule has 1 amide bonds. The fourth-order valence-corrected chi connectivity index (χ4v) is 1.35. The van der Waals surface area contributed by atoms with E-state index in [4.69, 9.17) is 10.2 Å². The minimum absolute atomic E-state index is 0.231. The van der Waals surface area contributed by atoms with E-state index in [1.54, 1.807) is 12.1 Å². The van der Waals surface area contributed by atoms with Crippen LogP contribution < -0.4 is 11.1 Å². The predicted octanol–water partition coefficient (Wildman–Crippen LogP) is 1.47. The second kappa shape index (κ2) is 4.72. The molecule has 4 nitrogen and oxygen atoms in total. The maximum Gasteiger partial charge on any atom is 0.287 e. The molecule has 5 heteroatoms. The number of carbonyl (C=O) groups excluding carboxylic acids is 1. The van der Waals surface area contributed by atoms with Crippen LogP contribution in [0.15, 0.2) is 21.6 Å². The third-order valence-electron chi connectivity index (χ3n) is 1.97. The summed E-state index contributed by atoms with van der Waals surface area (Å²) in [5.41, 5.74) is 5.10. The maximum absolute atomic E-state index is 11.7. The predicted molar refractivity (Wildman–Crippen MR) is 61.1 cm³/mol. The normalized spacial score (nSPS) is 11.5. The number of hydrogen-bond donors (Lipinski definition) is 2. The summed E-state index contributed by atoms with van der Waals surface area (Å²) in [5, 5.41) is 3.52. The highest BCUT2D eigenvalue weighted by molar-refractivity contribution is 7.98. The highest BCUT2D eigenvalue weighted by Gasteiger charge is 2.21. The average molecular weight is 228 g/mol. The topological polar surface area (TPSA) is 68.3 Å². The molecular formula is C10H16N2O2S.